The van der Waals surface area contributed by atoms with Crippen molar-refractivity contribution in [2.45, 2.75) is 38.7 Å². The van der Waals surface area contributed by atoms with Gasteiger partial charge in [0.1, 0.15) is 17.5 Å². The van der Waals surface area contributed by atoms with Crippen LogP contribution in [0.4, 0.5) is 11.6 Å². The summed E-state index contributed by atoms with van der Waals surface area (Å²) in [6, 6.07) is 1.98. The van der Waals surface area contributed by atoms with Crippen LogP contribution in [0.25, 0.3) is 0 Å². The van der Waals surface area contributed by atoms with Gasteiger partial charge in [-0.2, -0.15) is 0 Å². The maximum atomic E-state index is 9.34. The highest BCUT2D eigenvalue weighted by Crippen LogP contribution is 2.29. The lowest BCUT2D eigenvalue weighted by Crippen LogP contribution is -2.37. The van der Waals surface area contributed by atoms with Crippen LogP contribution in [0.2, 0.25) is 0 Å². The molecule has 0 saturated heterocycles. The van der Waals surface area contributed by atoms with Gasteiger partial charge in [0.05, 0.1) is 6.10 Å². The van der Waals surface area contributed by atoms with E-state index < -0.39 is 0 Å². The first-order valence-electron chi connectivity index (χ1n) is 7.07. The van der Waals surface area contributed by atoms with E-state index >= 15 is 0 Å². The highest BCUT2D eigenvalue weighted by molar-refractivity contribution is 5.48. The minimum Gasteiger partial charge on any atom is -0.393 e. The first-order chi connectivity index (χ1) is 9.12. The molecule has 1 aromatic rings. The Hall–Kier alpha value is -1.36. The third-order valence-electron chi connectivity index (χ3n) is 3.62. The fourth-order valence-electron chi connectivity index (χ4n) is 2.47. The Balaban J connectivity index is 2.06. The topological polar surface area (TPSA) is 61.3 Å². The third kappa shape index (κ3) is 3.56. The van der Waals surface area contributed by atoms with E-state index in [4.69, 9.17) is 0 Å². The highest BCUT2D eigenvalue weighted by atomic mass is 16.3. The second-order valence-corrected chi connectivity index (χ2v) is 5.40. The summed E-state index contributed by atoms with van der Waals surface area (Å²) in [6.07, 6.45) is 3.68. The third-order valence-corrected chi connectivity index (χ3v) is 3.62. The van der Waals surface area contributed by atoms with Crippen LogP contribution in [0, 0.1) is 5.92 Å². The summed E-state index contributed by atoms with van der Waals surface area (Å²) in [4.78, 5) is 11.2. The minimum atomic E-state index is -0.0904. The number of nitrogens with one attached hydrogen (secondary N) is 1. The van der Waals surface area contributed by atoms with Crippen molar-refractivity contribution in [2.75, 3.05) is 30.9 Å². The van der Waals surface area contributed by atoms with Gasteiger partial charge in [-0.15, -0.1) is 0 Å². The summed E-state index contributed by atoms with van der Waals surface area (Å²) in [5.74, 6) is 3.31. The second-order valence-electron chi connectivity index (χ2n) is 5.40. The van der Waals surface area contributed by atoms with E-state index in [9.17, 15) is 5.11 Å². The Bertz CT molecular complexity index is 418. The van der Waals surface area contributed by atoms with E-state index in [-0.39, 0.29) is 6.10 Å². The molecule has 1 aromatic heterocycles. The molecule has 0 radical (unpaired) electrons. The van der Waals surface area contributed by atoms with Crippen molar-refractivity contribution in [3.63, 3.8) is 0 Å². The van der Waals surface area contributed by atoms with Gasteiger partial charge in [0.2, 0.25) is 0 Å². The molecule has 0 aliphatic heterocycles. The predicted octanol–water partition coefficient (Wildman–Crippen LogP) is 1.68. The van der Waals surface area contributed by atoms with E-state index in [0.717, 1.165) is 49.7 Å². The standard InChI is InChI=1S/C14H24N4O/c1-4-5-12-16-13(15-2)8-14(17-12)18(3)9-10-6-11(19)7-10/h8,10-11,19H,4-7,9H2,1-3H3,(H,15,16,17). The van der Waals surface area contributed by atoms with Crippen molar-refractivity contribution in [1.29, 1.82) is 0 Å². The molecule has 5 heteroatoms. The van der Waals surface area contributed by atoms with Crippen LogP contribution in [-0.2, 0) is 6.42 Å². The van der Waals surface area contributed by atoms with Gasteiger partial charge in [-0.3, -0.25) is 0 Å². The molecular formula is C14H24N4O. The van der Waals surface area contributed by atoms with Crippen LogP contribution in [0.15, 0.2) is 6.07 Å². The number of hydrogen-bond acceptors (Lipinski definition) is 5. The Kier molecular flexibility index (Phi) is 4.58. The van der Waals surface area contributed by atoms with Gasteiger partial charge >= 0.3 is 0 Å². The van der Waals surface area contributed by atoms with Crippen LogP contribution in [-0.4, -0.2) is 41.8 Å². The van der Waals surface area contributed by atoms with E-state index in [0.29, 0.717) is 5.92 Å². The second kappa shape index (κ2) is 6.19. The number of aromatic nitrogens is 2. The van der Waals surface area contributed by atoms with Crippen LogP contribution in [0.3, 0.4) is 0 Å². The molecular weight excluding hydrogens is 240 g/mol. The molecule has 1 saturated carbocycles. The molecule has 106 valence electrons. The van der Waals surface area contributed by atoms with Crippen LogP contribution < -0.4 is 10.2 Å². The lowest BCUT2D eigenvalue weighted by molar-refractivity contribution is 0.0464. The lowest BCUT2D eigenvalue weighted by Gasteiger charge is -2.34. The van der Waals surface area contributed by atoms with E-state index in [2.05, 4.69) is 34.2 Å². The Morgan fingerprint density at radius 2 is 2.16 bits per heavy atom. The largest absolute Gasteiger partial charge is 0.393 e. The number of rotatable bonds is 6. The molecule has 0 aromatic carbocycles. The number of aliphatic hydroxyl groups excluding tert-OH is 1. The minimum absolute atomic E-state index is 0.0904. The van der Waals surface area contributed by atoms with Crippen LogP contribution in [0.1, 0.15) is 32.0 Å². The smallest absolute Gasteiger partial charge is 0.134 e. The van der Waals surface area contributed by atoms with Gasteiger partial charge in [-0.1, -0.05) is 6.92 Å². The summed E-state index contributed by atoms with van der Waals surface area (Å²) >= 11 is 0. The number of anilines is 2. The maximum Gasteiger partial charge on any atom is 0.134 e. The Labute approximate surface area is 115 Å². The zero-order chi connectivity index (χ0) is 13.8. The number of aryl methyl sites for hydroxylation is 1. The van der Waals surface area contributed by atoms with Crippen molar-refractivity contribution in [1.82, 2.24) is 9.97 Å². The molecule has 1 aliphatic rings. The van der Waals surface area contributed by atoms with Crippen LogP contribution >= 0.6 is 0 Å². The molecule has 0 bridgehead atoms. The van der Waals surface area contributed by atoms with Gasteiger partial charge in [0, 0.05) is 33.1 Å². The highest BCUT2D eigenvalue weighted by Gasteiger charge is 2.28. The molecule has 0 spiro atoms. The molecule has 2 N–H and O–H groups in total. The molecule has 0 unspecified atom stereocenters. The molecule has 2 rings (SSSR count). The zero-order valence-electron chi connectivity index (χ0n) is 12.1. The van der Waals surface area contributed by atoms with Gasteiger partial charge in [0.25, 0.3) is 0 Å². The molecule has 1 heterocycles. The Morgan fingerprint density at radius 1 is 1.42 bits per heavy atom. The summed E-state index contributed by atoms with van der Waals surface area (Å²) in [5, 5.41) is 12.4. The van der Waals surface area contributed by atoms with E-state index in [1.165, 1.54) is 0 Å². The van der Waals surface area contributed by atoms with Gasteiger partial charge in [-0.05, 0) is 25.2 Å². The molecule has 0 amide bonds. The maximum absolute atomic E-state index is 9.34. The van der Waals surface area contributed by atoms with Crippen molar-refractivity contribution in [3.05, 3.63) is 11.9 Å². The normalized spacial score (nSPS) is 21.9. The quantitative estimate of drug-likeness (QED) is 0.818. The number of aliphatic hydroxyl groups is 1. The van der Waals surface area contributed by atoms with Crippen molar-refractivity contribution >= 4 is 11.6 Å². The average molecular weight is 264 g/mol. The van der Waals surface area contributed by atoms with Crippen molar-refractivity contribution < 1.29 is 5.11 Å². The van der Waals surface area contributed by atoms with Crippen LogP contribution in [0.5, 0.6) is 0 Å². The first-order valence-corrected chi connectivity index (χ1v) is 7.07. The number of nitrogens with zero attached hydrogens (tertiary/aromatic N) is 3. The lowest BCUT2D eigenvalue weighted by atomic mass is 9.82. The predicted molar refractivity (Wildman–Crippen MR) is 77.6 cm³/mol. The average Bonchev–Trinajstić information content (AvgIpc) is 2.36. The van der Waals surface area contributed by atoms with Crippen molar-refractivity contribution in [2.24, 2.45) is 5.92 Å². The van der Waals surface area contributed by atoms with Gasteiger partial charge in [-0.25, -0.2) is 9.97 Å². The molecule has 1 fully saturated rings. The molecule has 1 aliphatic carbocycles. The fourth-order valence-corrected chi connectivity index (χ4v) is 2.47. The summed E-state index contributed by atoms with van der Waals surface area (Å²) < 4.78 is 0. The summed E-state index contributed by atoms with van der Waals surface area (Å²) in [6.45, 7) is 3.08. The fraction of sp³-hybridized carbons (Fsp3) is 0.714. The van der Waals surface area contributed by atoms with E-state index in [1.54, 1.807) is 0 Å². The molecule has 0 atom stereocenters. The Morgan fingerprint density at radius 3 is 2.74 bits per heavy atom. The van der Waals surface area contributed by atoms with E-state index in [1.807, 2.05) is 13.1 Å². The zero-order valence-corrected chi connectivity index (χ0v) is 12.1. The molecule has 5 nitrogen and oxygen atoms in total. The van der Waals surface area contributed by atoms with Gasteiger partial charge in [0.15, 0.2) is 0 Å². The SMILES string of the molecule is CCCc1nc(NC)cc(N(C)CC2CC(O)C2)n1. The monoisotopic (exact) mass is 264 g/mol. The summed E-state index contributed by atoms with van der Waals surface area (Å²) in [7, 11) is 3.94. The van der Waals surface area contributed by atoms with Gasteiger partial charge < -0.3 is 15.3 Å². The molecule has 19 heavy (non-hydrogen) atoms. The van der Waals surface area contributed by atoms with Crippen molar-refractivity contribution in [3.8, 4) is 0 Å². The number of hydrogen-bond donors (Lipinski definition) is 2. The summed E-state index contributed by atoms with van der Waals surface area (Å²) in [5.41, 5.74) is 0. The first kappa shape index (κ1) is 14.1.